The van der Waals surface area contributed by atoms with Crippen LogP contribution >= 0.6 is 0 Å². The fourth-order valence-electron chi connectivity index (χ4n) is 4.89. The minimum Gasteiger partial charge on any atom is -0.377 e. The van der Waals surface area contributed by atoms with E-state index in [9.17, 15) is 0 Å². The normalized spacial score (nSPS) is 12.6. The summed E-state index contributed by atoms with van der Waals surface area (Å²) in [6, 6.07) is 0.880. The molecule has 1 N–H and O–H groups in total. The van der Waals surface area contributed by atoms with E-state index in [1.807, 2.05) is 0 Å². The summed E-state index contributed by atoms with van der Waals surface area (Å²) in [6.45, 7) is 4.58. The molecular formula is C27H59NO3Si. The van der Waals surface area contributed by atoms with Gasteiger partial charge >= 0.3 is 8.80 Å². The van der Waals surface area contributed by atoms with Crippen molar-refractivity contribution >= 4 is 8.80 Å². The Kier molecular flexibility index (Phi) is 21.6. The molecule has 0 spiro atoms. The van der Waals surface area contributed by atoms with Crippen LogP contribution in [-0.2, 0) is 13.3 Å². The summed E-state index contributed by atoms with van der Waals surface area (Å²) in [7, 11) is 4.83. The van der Waals surface area contributed by atoms with Crippen molar-refractivity contribution < 1.29 is 13.3 Å². The van der Waals surface area contributed by atoms with E-state index in [-0.39, 0.29) is 5.54 Å². The third-order valence-corrected chi connectivity index (χ3v) is 10.1. The highest BCUT2D eigenvalue weighted by atomic mass is 28.4. The largest absolute Gasteiger partial charge is 0.500 e. The molecule has 0 aromatic rings. The van der Waals surface area contributed by atoms with E-state index in [2.05, 4.69) is 26.2 Å². The molecule has 0 atom stereocenters. The maximum absolute atomic E-state index is 5.72. The maximum atomic E-state index is 5.72. The Bertz CT molecular complexity index is 363. The van der Waals surface area contributed by atoms with Crippen LogP contribution in [0.5, 0.6) is 0 Å². The molecule has 0 heterocycles. The Hall–Kier alpha value is 0.0569. The first-order chi connectivity index (χ1) is 15.6. The first kappa shape index (κ1) is 32.1. The summed E-state index contributed by atoms with van der Waals surface area (Å²) < 4.78 is 17.2. The lowest BCUT2D eigenvalue weighted by atomic mass is 9.84. The minimum atomic E-state index is -2.53. The number of rotatable bonds is 25. The highest BCUT2D eigenvalue weighted by molar-refractivity contribution is 6.60. The molecule has 5 heteroatoms. The summed E-state index contributed by atoms with van der Waals surface area (Å²) in [5.41, 5.74) is 0.179. The van der Waals surface area contributed by atoms with Gasteiger partial charge in [-0.15, -0.1) is 0 Å². The van der Waals surface area contributed by atoms with Crippen LogP contribution < -0.4 is 5.32 Å². The van der Waals surface area contributed by atoms with Gasteiger partial charge in [0, 0.05) is 32.9 Å². The summed E-state index contributed by atoms with van der Waals surface area (Å²) in [4.78, 5) is 0. The Balaban J connectivity index is 4.59. The van der Waals surface area contributed by atoms with Gasteiger partial charge in [-0.1, -0.05) is 117 Å². The molecule has 0 aliphatic heterocycles. The van der Waals surface area contributed by atoms with Crippen LogP contribution in [0.15, 0.2) is 0 Å². The van der Waals surface area contributed by atoms with Crippen LogP contribution in [0.1, 0.15) is 136 Å². The Morgan fingerprint density at radius 3 is 1.19 bits per heavy atom. The third-order valence-electron chi connectivity index (χ3n) is 7.39. The van der Waals surface area contributed by atoms with Gasteiger partial charge < -0.3 is 18.6 Å². The SMILES string of the molecule is CCCCCCCCCCC(CCCCCCCCCC)(CC[Si](OC)(OC)OC)NC. The second-order valence-electron chi connectivity index (χ2n) is 9.78. The van der Waals surface area contributed by atoms with Crippen LogP contribution in [0, 0.1) is 0 Å². The standard InChI is InChI=1S/C27H59NO3Si/c1-7-9-11-13-15-17-19-21-23-27(28-3,25-26-32(29-4,30-5)31-6)24-22-20-18-16-14-12-10-8-2/h28H,7-26H2,1-6H3. The molecule has 0 fully saturated rings. The van der Waals surface area contributed by atoms with Gasteiger partial charge in [0.2, 0.25) is 0 Å². The molecule has 0 aliphatic carbocycles. The summed E-state index contributed by atoms with van der Waals surface area (Å²) in [5, 5.41) is 3.75. The van der Waals surface area contributed by atoms with Gasteiger partial charge in [0.1, 0.15) is 0 Å². The van der Waals surface area contributed by atoms with Crippen molar-refractivity contribution in [2.24, 2.45) is 0 Å². The van der Waals surface area contributed by atoms with Crippen LogP contribution in [0.3, 0.4) is 0 Å². The number of hydrogen-bond acceptors (Lipinski definition) is 4. The van der Waals surface area contributed by atoms with Gasteiger partial charge in [0.05, 0.1) is 0 Å². The number of unbranched alkanes of at least 4 members (excludes halogenated alkanes) is 14. The minimum absolute atomic E-state index is 0.179. The Morgan fingerprint density at radius 2 is 0.875 bits per heavy atom. The Morgan fingerprint density at radius 1 is 0.531 bits per heavy atom. The highest BCUT2D eigenvalue weighted by Crippen LogP contribution is 2.31. The summed E-state index contributed by atoms with van der Waals surface area (Å²) in [5.74, 6) is 0. The zero-order chi connectivity index (χ0) is 24.0. The van der Waals surface area contributed by atoms with E-state index >= 15 is 0 Å². The first-order valence-electron chi connectivity index (χ1n) is 13.9. The van der Waals surface area contributed by atoms with Crippen LogP contribution in [0.2, 0.25) is 6.04 Å². The van der Waals surface area contributed by atoms with Gasteiger partial charge in [0.15, 0.2) is 0 Å². The molecule has 4 nitrogen and oxygen atoms in total. The van der Waals surface area contributed by atoms with Crippen LogP contribution in [0.4, 0.5) is 0 Å². The molecule has 0 radical (unpaired) electrons. The van der Waals surface area contributed by atoms with Crippen molar-refractivity contribution in [3.63, 3.8) is 0 Å². The van der Waals surface area contributed by atoms with Crippen molar-refractivity contribution in [3.8, 4) is 0 Å². The average Bonchev–Trinajstić information content (AvgIpc) is 2.83. The van der Waals surface area contributed by atoms with Gasteiger partial charge in [-0.05, 0) is 26.3 Å². The summed E-state index contributed by atoms with van der Waals surface area (Å²) in [6.07, 6.45) is 25.6. The van der Waals surface area contributed by atoms with Gasteiger partial charge in [-0.3, -0.25) is 0 Å². The molecule has 0 aromatic carbocycles. The van der Waals surface area contributed by atoms with Crippen molar-refractivity contribution in [1.82, 2.24) is 5.32 Å². The number of hydrogen-bond donors (Lipinski definition) is 1. The smallest absolute Gasteiger partial charge is 0.377 e. The molecule has 32 heavy (non-hydrogen) atoms. The van der Waals surface area contributed by atoms with E-state index in [0.29, 0.717) is 0 Å². The third kappa shape index (κ3) is 15.1. The lowest BCUT2D eigenvalue weighted by Gasteiger charge is -2.36. The topological polar surface area (TPSA) is 39.7 Å². The maximum Gasteiger partial charge on any atom is 0.500 e. The van der Waals surface area contributed by atoms with E-state index in [1.165, 1.54) is 116 Å². The first-order valence-corrected chi connectivity index (χ1v) is 15.8. The predicted molar refractivity (Wildman–Crippen MR) is 142 cm³/mol. The molecule has 194 valence electrons. The fraction of sp³-hybridized carbons (Fsp3) is 1.00. The van der Waals surface area contributed by atoms with Gasteiger partial charge in [0.25, 0.3) is 0 Å². The molecular weight excluding hydrogens is 414 g/mol. The molecule has 0 saturated heterocycles. The zero-order valence-corrected chi connectivity index (χ0v) is 23.9. The van der Waals surface area contributed by atoms with E-state index in [4.69, 9.17) is 13.3 Å². The molecule has 0 aliphatic rings. The monoisotopic (exact) mass is 473 g/mol. The molecule has 0 bridgehead atoms. The fourth-order valence-corrected chi connectivity index (χ4v) is 6.79. The van der Waals surface area contributed by atoms with E-state index in [1.54, 1.807) is 21.3 Å². The molecule has 0 rings (SSSR count). The van der Waals surface area contributed by atoms with Crippen LogP contribution in [-0.4, -0.2) is 42.7 Å². The number of nitrogens with one attached hydrogen (secondary N) is 1. The summed E-state index contributed by atoms with van der Waals surface area (Å²) >= 11 is 0. The van der Waals surface area contributed by atoms with Crippen molar-refractivity contribution in [3.05, 3.63) is 0 Å². The van der Waals surface area contributed by atoms with E-state index < -0.39 is 8.80 Å². The quantitative estimate of drug-likeness (QED) is 0.107. The molecule has 0 amide bonds. The van der Waals surface area contributed by atoms with Gasteiger partial charge in [-0.25, -0.2) is 0 Å². The van der Waals surface area contributed by atoms with Crippen molar-refractivity contribution in [2.75, 3.05) is 28.4 Å². The molecule has 0 unspecified atom stereocenters. The van der Waals surface area contributed by atoms with Gasteiger partial charge in [-0.2, -0.15) is 0 Å². The lowest BCUT2D eigenvalue weighted by molar-refractivity contribution is 0.117. The predicted octanol–water partition coefficient (Wildman–Crippen LogP) is 8.27. The van der Waals surface area contributed by atoms with E-state index in [0.717, 1.165) is 12.5 Å². The molecule has 0 aromatic heterocycles. The van der Waals surface area contributed by atoms with Crippen LogP contribution in [0.25, 0.3) is 0 Å². The second kappa shape index (κ2) is 21.6. The lowest BCUT2D eigenvalue weighted by Crippen LogP contribution is -2.48. The Labute approximate surface area is 203 Å². The second-order valence-corrected chi connectivity index (χ2v) is 12.9. The molecule has 0 saturated carbocycles. The zero-order valence-electron chi connectivity index (χ0n) is 22.9. The van der Waals surface area contributed by atoms with Crippen molar-refractivity contribution in [1.29, 1.82) is 0 Å². The average molecular weight is 474 g/mol. The highest BCUT2D eigenvalue weighted by Gasteiger charge is 2.41. The van der Waals surface area contributed by atoms with Crippen molar-refractivity contribution in [2.45, 2.75) is 147 Å².